The number of hydrogen-bond acceptors (Lipinski definition) is 3. The van der Waals surface area contributed by atoms with Crippen LogP contribution in [0.15, 0.2) is 6.20 Å². The number of carbonyl (C=O) groups is 1. The fourth-order valence-corrected chi connectivity index (χ4v) is 1.21. The van der Waals surface area contributed by atoms with Crippen molar-refractivity contribution in [1.82, 2.24) is 4.98 Å². The fourth-order valence-electron chi connectivity index (χ4n) is 0.885. The number of anilines is 1. The summed E-state index contributed by atoms with van der Waals surface area (Å²) in [5, 5.41) is 8.00. The first kappa shape index (κ1) is 10.6. The van der Waals surface area contributed by atoms with E-state index in [9.17, 15) is 13.6 Å². The summed E-state index contributed by atoms with van der Waals surface area (Å²) in [6.07, 6.45) is -2.09. The zero-order valence-electron chi connectivity index (χ0n) is 6.67. The van der Waals surface area contributed by atoms with Gasteiger partial charge in [0, 0.05) is 0 Å². The fraction of sp³-hybridized carbons (Fsp3) is 0.143. The molecule has 0 unspecified atom stereocenters. The number of nitrogens with zero attached hydrogens (tertiary/aromatic N) is 1. The minimum absolute atomic E-state index is 0.244. The number of alkyl halides is 2. The van der Waals surface area contributed by atoms with Gasteiger partial charge < -0.3 is 10.8 Å². The van der Waals surface area contributed by atoms with E-state index in [-0.39, 0.29) is 5.69 Å². The van der Waals surface area contributed by atoms with E-state index >= 15 is 0 Å². The summed E-state index contributed by atoms with van der Waals surface area (Å²) in [7, 11) is 0. The number of aromatic nitrogens is 1. The third-order valence-electron chi connectivity index (χ3n) is 1.50. The lowest BCUT2D eigenvalue weighted by Gasteiger charge is -2.06. The summed E-state index contributed by atoms with van der Waals surface area (Å²) in [6.45, 7) is 0. The number of aromatic carboxylic acids is 1. The largest absolute Gasteiger partial charge is 0.478 e. The number of nitrogens with two attached hydrogens (primary N) is 1. The Hall–Kier alpha value is -1.43. The molecule has 1 rings (SSSR count). The van der Waals surface area contributed by atoms with E-state index in [1.807, 2.05) is 0 Å². The summed E-state index contributed by atoms with van der Waals surface area (Å²) in [4.78, 5) is 13.8. The average molecular weight is 223 g/mol. The molecule has 0 atom stereocenters. The third-order valence-corrected chi connectivity index (χ3v) is 1.88. The van der Waals surface area contributed by atoms with Gasteiger partial charge in [-0.15, -0.1) is 0 Å². The highest BCUT2D eigenvalue weighted by atomic mass is 35.5. The van der Waals surface area contributed by atoms with Crippen LogP contribution in [0.5, 0.6) is 0 Å². The summed E-state index contributed by atoms with van der Waals surface area (Å²) in [5.41, 5.74) is 3.65. The lowest BCUT2D eigenvalue weighted by atomic mass is 10.2. The summed E-state index contributed by atoms with van der Waals surface area (Å²) in [6, 6.07) is 0. The monoisotopic (exact) mass is 222 g/mol. The second kappa shape index (κ2) is 3.75. The normalized spacial score (nSPS) is 10.6. The Kier molecular flexibility index (Phi) is 2.85. The molecule has 0 fully saturated rings. The van der Waals surface area contributed by atoms with Crippen molar-refractivity contribution in [1.29, 1.82) is 0 Å². The molecule has 0 amide bonds. The minimum Gasteiger partial charge on any atom is -0.478 e. The maximum atomic E-state index is 12.2. The van der Waals surface area contributed by atoms with Crippen molar-refractivity contribution in [3.8, 4) is 0 Å². The predicted octanol–water partition coefficient (Wildman–Crippen LogP) is 1.95. The van der Waals surface area contributed by atoms with Crippen molar-refractivity contribution >= 4 is 23.3 Å². The van der Waals surface area contributed by atoms with Crippen molar-refractivity contribution in [3.05, 3.63) is 22.5 Å². The van der Waals surface area contributed by atoms with Gasteiger partial charge in [0.1, 0.15) is 11.3 Å². The van der Waals surface area contributed by atoms with E-state index in [0.29, 0.717) is 0 Å². The van der Waals surface area contributed by atoms with Gasteiger partial charge in [0.05, 0.1) is 16.9 Å². The smallest absolute Gasteiger partial charge is 0.339 e. The minimum atomic E-state index is -2.93. The molecule has 1 aromatic rings. The Bertz CT molecular complexity index is 384. The average Bonchev–Trinajstić information content (AvgIpc) is 2.02. The van der Waals surface area contributed by atoms with Crippen molar-refractivity contribution in [2.45, 2.75) is 6.43 Å². The molecule has 3 N–H and O–H groups in total. The Balaban J connectivity index is 3.41. The van der Waals surface area contributed by atoms with Gasteiger partial charge in [-0.2, -0.15) is 0 Å². The highest BCUT2D eigenvalue weighted by molar-refractivity contribution is 6.34. The molecule has 0 aliphatic heterocycles. The second-order valence-corrected chi connectivity index (χ2v) is 2.77. The van der Waals surface area contributed by atoms with Crippen molar-refractivity contribution in [3.63, 3.8) is 0 Å². The van der Waals surface area contributed by atoms with E-state index in [1.165, 1.54) is 0 Å². The van der Waals surface area contributed by atoms with Crippen LogP contribution in [0, 0.1) is 0 Å². The van der Waals surface area contributed by atoms with Crippen LogP contribution in [0.4, 0.5) is 14.5 Å². The summed E-state index contributed by atoms with van der Waals surface area (Å²) in [5.74, 6) is -1.46. The van der Waals surface area contributed by atoms with Crippen LogP contribution in [0.1, 0.15) is 22.5 Å². The zero-order valence-corrected chi connectivity index (χ0v) is 7.42. The molecule has 0 bridgehead atoms. The molecule has 0 aliphatic carbocycles. The molecule has 4 nitrogen and oxygen atoms in total. The number of nitrogen functional groups attached to an aromatic ring is 1. The molecule has 0 aromatic carbocycles. The number of rotatable bonds is 2. The lowest BCUT2D eigenvalue weighted by molar-refractivity contribution is 0.0697. The van der Waals surface area contributed by atoms with E-state index in [2.05, 4.69) is 4.98 Å². The second-order valence-electron chi connectivity index (χ2n) is 2.39. The maximum Gasteiger partial charge on any atom is 0.339 e. The molecule has 0 aliphatic rings. The first-order valence-corrected chi connectivity index (χ1v) is 3.78. The Morgan fingerprint density at radius 1 is 1.64 bits per heavy atom. The van der Waals surface area contributed by atoms with E-state index in [4.69, 9.17) is 22.4 Å². The molecule has 0 spiro atoms. The Morgan fingerprint density at radius 3 is 2.64 bits per heavy atom. The van der Waals surface area contributed by atoms with Crippen LogP contribution in [-0.4, -0.2) is 16.1 Å². The number of carboxylic acids is 1. The van der Waals surface area contributed by atoms with Crippen LogP contribution in [0.3, 0.4) is 0 Å². The van der Waals surface area contributed by atoms with Gasteiger partial charge >= 0.3 is 5.97 Å². The molecule has 0 radical (unpaired) electrons. The van der Waals surface area contributed by atoms with Gasteiger partial charge in [-0.25, -0.2) is 13.6 Å². The van der Waals surface area contributed by atoms with Crippen molar-refractivity contribution in [2.75, 3.05) is 5.73 Å². The zero-order chi connectivity index (χ0) is 10.9. The van der Waals surface area contributed by atoms with Crippen LogP contribution >= 0.6 is 11.6 Å². The van der Waals surface area contributed by atoms with E-state index in [1.54, 1.807) is 0 Å². The van der Waals surface area contributed by atoms with Gasteiger partial charge in [0.2, 0.25) is 0 Å². The van der Waals surface area contributed by atoms with Crippen molar-refractivity contribution in [2.24, 2.45) is 0 Å². The molecule has 1 aromatic heterocycles. The quantitative estimate of drug-likeness (QED) is 0.802. The molecule has 0 saturated heterocycles. The Morgan fingerprint density at radius 2 is 2.21 bits per heavy atom. The molecular formula is C7H5ClF2N2O2. The lowest BCUT2D eigenvalue weighted by Crippen LogP contribution is -2.07. The number of pyridine rings is 1. The first-order valence-electron chi connectivity index (χ1n) is 3.40. The van der Waals surface area contributed by atoms with Gasteiger partial charge in [-0.3, -0.25) is 4.98 Å². The van der Waals surface area contributed by atoms with Crippen LogP contribution in [0.2, 0.25) is 5.02 Å². The summed E-state index contributed by atoms with van der Waals surface area (Å²) >= 11 is 5.40. The van der Waals surface area contributed by atoms with Gasteiger partial charge in [-0.05, 0) is 0 Å². The Labute approximate surface area is 82.3 Å². The van der Waals surface area contributed by atoms with E-state index < -0.39 is 28.7 Å². The number of hydrogen-bond donors (Lipinski definition) is 2. The molecule has 76 valence electrons. The van der Waals surface area contributed by atoms with E-state index in [0.717, 1.165) is 6.20 Å². The summed E-state index contributed by atoms with van der Waals surface area (Å²) < 4.78 is 24.4. The topological polar surface area (TPSA) is 76.2 Å². The highest BCUT2D eigenvalue weighted by Crippen LogP contribution is 2.30. The molecular weight excluding hydrogens is 218 g/mol. The van der Waals surface area contributed by atoms with Crippen molar-refractivity contribution < 1.29 is 18.7 Å². The maximum absolute atomic E-state index is 12.2. The van der Waals surface area contributed by atoms with Gasteiger partial charge in [0.15, 0.2) is 0 Å². The number of carboxylic acid groups (broad SMARTS) is 1. The number of halogens is 3. The molecule has 7 heteroatoms. The first-order chi connectivity index (χ1) is 6.45. The molecule has 0 saturated carbocycles. The van der Waals surface area contributed by atoms with Gasteiger partial charge in [0.25, 0.3) is 6.43 Å². The van der Waals surface area contributed by atoms with Crippen LogP contribution in [0.25, 0.3) is 0 Å². The van der Waals surface area contributed by atoms with Gasteiger partial charge in [-0.1, -0.05) is 11.6 Å². The molecule has 14 heavy (non-hydrogen) atoms. The standard InChI is InChI=1S/C7H5ClF2N2O2/c8-4-3(7(13)14)2(11)1-12-5(4)6(9)10/h1,6H,11H2,(H,13,14). The predicted molar refractivity (Wildman–Crippen MR) is 45.6 cm³/mol. The molecule has 1 heterocycles. The highest BCUT2D eigenvalue weighted by Gasteiger charge is 2.22. The third kappa shape index (κ3) is 1.74. The SMILES string of the molecule is Nc1cnc(C(F)F)c(Cl)c1C(=O)O. The van der Waals surface area contributed by atoms with Crippen LogP contribution in [-0.2, 0) is 0 Å². The van der Waals surface area contributed by atoms with Crippen LogP contribution < -0.4 is 5.73 Å².